The van der Waals surface area contributed by atoms with Crippen LogP contribution in [0, 0.1) is 20.7 Å². The average Bonchev–Trinajstić information content (AvgIpc) is 1.97. The van der Waals surface area contributed by atoms with E-state index in [0.717, 1.165) is 0 Å². The Morgan fingerprint density at radius 3 is 2.08 bits per heavy atom. The molecule has 0 amide bonds. The van der Waals surface area contributed by atoms with Gasteiger partial charge in [0.2, 0.25) is 0 Å². The van der Waals surface area contributed by atoms with E-state index in [1.807, 2.05) is 0 Å². The molecule has 0 atom stereocenters. The van der Waals surface area contributed by atoms with Gasteiger partial charge < -0.3 is 4.55 Å². The molecule has 0 heterocycles. The van der Waals surface area contributed by atoms with E-state index >= 15 is 0 Å². The standard InChI is InChI=1S/C9H12O3S/c1-6-4-7(2)9(8(3)5-6)13(10,11)12/h4-5H,1-3H3,(H,10,11,12)/p-1/i1D3. The van der Waals surface area contributed by atoms with Crippen LogP contribution >= 0.6 is 0 Å². The Morgan fingerprint density at radius 2 is 1.77 bits per heavy atom. The molecule has 0 unspecified atom stereocenters. The Kier molecular flexibility index (Phi) is 1.58. The number of aryl methyl sites for hydroxylation is 3. The first kappa shape index (κ1) is 6.56. The van der Waals surface area contributed by atoms with Crippen LogP contribution in [-0.4, -0.2) is 13.0 Å². The molecule has 0 N–H and O–H groups in total. The molecular weight excluding hydrogens is 188 g/mol. The molecule has 0 saturated heterocycles. The fourth-order valence-electron chi connectivity index (χ4n) is 1.34. The van der Waals surface area contributed by atoms with Gasteiger partial charge in [0.25, 0.3) is 0 Å². The molecule has 72 valence electrons. The van der Waals surface area contributed by atoms with Gasteiger partial charge in [-0.25, -0.2) is 8.42 Å². The second-order valence-electron chi connectivity index (χ2n) is 2.89. The van der Waals surface area contributed by atoms with Crippen molar-refractivity contribution in [1.82, 2.24) is 0 Å². The first-order valence-electron chi connectivity index (χ1n) is 5.11. The van der Waals surface area contributed by atoms with Crippen LogP contribution in [0.25, 0.3) is 0 Å². The van der Waals surface area contributed by atoms with E-state index in [2.05, 4.69) is 0 Å². The first-order chi connectivity index (χ1) is 7.03. The molecule has 1 rings (SSSR count). The van der Waals surface area contributed by atoms with Crippen molar-refractivity contribution in [2.45, 2.75) is 25.6 Å². The minimum atomic E-state index is -4.56. The third kappa shape index (κ3) is 2.08. The molecule has 13 heavy (non-hydrogen) atoms. The lowest BCUT2D eigenvalue weighted by Gasteiger charge is -2.14. The van der Waals surface area contributed by atoms with Crippen molar-refractivity contribution in [2.75, 3.05) is 0 Å². The van der Waals surface area contributed by atoms with E-state index < -0.39 is 17.0 Å². The lowest BCUT2D eigenvalue weighted by molar-refractivity contribution is 0.462. The summed E-state index contributed by atoms with van der Waals surface area (Å²) in [6, 6.07) is 2.43. The largest absolute Gasteiger partial charge is 0.744 e. The molecule has 4 heteroatoms. The highest BCUT2D eigenvalue weighted by Crippen LogP contribution is 2.20. The van der Waals surface area contributed by atoms with E-state index in [1.165, 1.54) is 26.0 Å². The molecule has 0 aliphatic carbocycles. The van der Waals surface area contributed by atoms with Crippen LogP contribution in [0.2, 0.25) is 0 Å². The summed E-state index contributed by atoms with van der Waals surface area (Å²) < 4.78 is 54.4. The second-order valence-corrected chi connectivity index (χ2v) is 4.21. The minimum absolute atomic E-state index is 0.0369. The van der Waals surface area contributed by atoms with Crippen molar-refractivity contribution in [3.8, 4) is 0 Å². The predicted octanol–water partition coefficient (Wildman–Crippen LogP) is 1.52. The van der Waals surface area contributed by atoms with Crippen LogP contribution in [0.1, 0.15) is 20.8 Å². The highest BCUT2D eigenvalue weighted by Gasteiger charge is 2.09. The van der Waals surface area contributed by atoms with Gasteiger partial charge in [-0.1, -0.05) is 17.7 Å². The lowest BCUT2D eigenvalue weighted by atomic mass is 10.1. The molecule has 0 fully saturated rings. The van der Waals surface area contributed by atoms with Crippen molar-refractivity contribution < 1.29 is 17.1 Å². The van der Waals surface area contributed by atoms with Crippen LogP contribution in [0.5, 0.6) is 0 Å². The SMILES string of the molecule is [2H]C([2H])([2H])c1cc(C)c(S(=O)(=O)[O-])c(C)c1. The maximum absolute atomic E-state index is 10.9. The zero-order valence-corrected chi connectivity index (χ0v) is 8.10. The van der Waals surface area contributed by atoms with Crippen LogP contribution in [-0.2, 0) is 10.1 Å². The van der Waals surface area contributed by atoms with E-state index in [1.54, 1.807) is 0 Å². The third-order valence-corrected chi connectivity index (χ3v) is 2.85. The van der Waals surface area contributed by atoms with Crippen LogP contribution in [0.15, 0.2) is 17.0 Å². The van der Waals surface area contributed by atoms with E-state index in [4.69, 9.17) is 4.11 Å². The molecule has 0 radical (unpaired) electrons. The lowest BCUT2D eigenvalue weighted by Crippen LogP contribution is -2.04. The van der Waals surface area contributed by atoms with E-state index in [0.29, 0.717) is 0 Å². The smallest absolute Gasteiger partial charge is 0.124 e. The molecule has 0 aliphatic rings. The summed E-state index contributed by atoms with van der Waals surface area (Å²) in [6.45, 7) is 0.515. The van der Waals surface area contributed by atoms with Gasteiger partial charge in [0.15, 0.2) is 0 Å². The fourth-order valence-corrected chi connectivity index (χ4v) is 2.25. The predicted molar refractivity (Wildman–Crippen MR) is 48.6 cm³/mol. The van der Waals surface area contributed by atoms with Crippen molar-refractivity contribution in [2.24, 2.45) is 0 Å². The van der Waals surface area contributed by atoms with Gasteiger partial charge in [-0.15, -0.1) is 0 Å². The molecule has 1 aromatic rings. The normalized spacial score (nSPS) is 16.1. The number of rotatable bonds is 1. The summed E-state index contributed by atoms with van der Waals surface area (Å²) >= 11 is 0. The van der Waals surface area contributed by atoms with Gasteiger partial charge in [0.05, 0.1) is 4.90 Å². The summed E-state index contributed by atoms with van der Waals surface area (Å²) in [5.74, 6) is 0. The topological polar surface area (TPSA) is 57.2 Å². The average molecular weight is 202 g/mol. The molecule has 3 nitrogen and oxygen atoms in total. The monoisotopic (exact) mass is 202 g/mol. The highest BCUT2D eigenvalue weighted by molar-refractivity contribution is 7.85. The van der Waals surface area contributed by atoms with E-state index in [9.17, 15) is 13.0 Å². The summed E-state index contributed by atoms with van der Waals surface area (Å²) in [6.07, 6.45) is 0. The summed E-state index contributed by atoms with van der Waals surface area (Å²) in [5, 5.41) is 0. The Hall–Kier alpha value is -0.870. The third-order valence-electron chi connectivity index (χ3n) is 1.71. The second kappa shape index (κ2) is 3.12. The van der Waals surface area contributed by atoms with Gasteiger partial charge in [-0.05, 0) is 31.8 Å². The van der Waals surface area contributed by atoms with E-state index in [-0.39, 0.29) is 21.6 Å². The summed E-state index contributed by atoms with van der Waals surface area (Å²) in [5.41, 5.74) is 0.372. The molecule has 0 saturated carbocycles. The number of hydrogen-bond acceptors (Lipinski definition) is 3. The Bertz CT molecular complexity index is 494. The van der Waals surface area contributed by atoms with Crippen molar-refractivity contribution >= 4 is 10.1 Å². The molecule has 1 aromatic carbocycles. The maximum atomic E-state index is 10.9. The first-order valence-corrected chi connectivity index (χ1v) is 5.02. The minimum Gasteiger partial charge on any atom is -0.744 e. The van der Waals surface area contributed by atoms with Crippen LogP contribution in [0.3, 0.4) is 0 Å². The van der Waals surface area contributed by atoms with Gasteiger partial charge >= 0.3 is 0 Å². The Balaban J connectivity index is 3.53. The molecule has 0 aliphatic heterocycles. The molecule has 0 bridgehead atoms. The van der Waals surface area contributed by atoms with Crippen molar-refractivity contribution in [3.05, 3.63) is 28.8 Å². The Labute approximate surface area is 82.4 Å². The molecule has 0 aromatic heterocycles. The zero-order chi connectivity index (χ0) is 12.7. The van der Waals surface area contributed by atoms with Crippen LogP contribution < -0.4 is 0 Å². The van der Waals surface area contributed by atoms with Crippen LogP contribution in [0.4, 0.5) is 0 Å². The van der Waals surface area contributed by atoms with Gasteiger partial charge in [-0.2, -0.15) is 0 Å². The van der Waals surface area contributed by atoms with Gasteiger partial charge in [0.1, 0.15) is 10.1 Å². The summed E-state index contributed by atoms with van der Waals surface area (Å²) in [7, 11) is -4.56. The highest BCUT2D eigenvalue weighted by atomic mass is 32.2. The van der Waals surface area contributed by atoms with Crippen molar-refractivity contribution in [1.29, 1.82) is 0 Å². The number of benzene rings is 1. The van der Waals surface area contributed by atoms with Gasteiger partial charge in [0, 0.05) is 4.11 Å². The summed E-state index contributed by atoms with van der Waals surface area (Å²) in [4.78, 5) is -0.333. The Morgan fingerprint density at radius 1 is 1.31 bits per heavy atom. The quantitative estimate of drug-likeness (QED) is 0.649. The zero-order valence-electron chi connectivity index (χ0n) is 10.3. The molecule has 0 spiro atoms. The maximum Gasteiger partial charge on any atom is 0.124 e. The van der Waals surface area contributed by atoms with Gasteiger partial charge in [-0.3, -0.25) is 0 Å². The number of hydrogen-bond donors (Lipinski definition) is 0. The molecular formula is C9H11O3S-. The van der Waals surface area contributed by atoms with Crippen molar-refractivity contribution in [3.63, 3.8) is 0 Å². The fraction of sp³-hybridized carbons (Fsp3) is 0.333.